The molecule has 0 aliphatic carbocycles. The van der Waals surface area contributed by atoms with Crippen LogP contribution in [0.1, 0.15) is 32.2 Å². The van der Waals surface area contributed by atoms with E-state index in [-0.39, 0.29) is 17.9 Å². The minimum absolute atomic E-state index is 0.0477. The highest BCUT2D eigenvalue weighted by molar-refractivity contribution is 5.79. The van der Waals surface area contributed by atoms with Gasteiger partial charge in [-0.25, -0.2) is 4.98 Å². The van der Waals surface area contributed by atoms with Crippen molar-refractivity contribution in [3.8, 4) is 11.5 Å². The number of rotatable bonds is 3. The quantitative estimate of drug-likeness (QED) is 0.934. The number of carbonyl (C=O) groups is 1. The summed E-state index contributed by atoms with van der Waals surface area (Å²) >= 11 is 0. The summed E-state index contributed by atoms with van der Waals surface area (Å²) in [5.74, 6) is 1.20. The molecular formula is C16H20N2O2. The van der Waals surface area contributed by atoms with Crippen molar-refractivity contribution in [2.75, 3.05) is 0 Å². The maximum absolute atomic E-state index is 11.9. The number of aromatic nitrogens is 1. The van der Waals surface area contributed by atoms with E-state index in [1.165, 1.54) is 0 Å². The Kier molecular flexibility index (Phi) is 3.93. The van der Waals surface area contributed by atoms with Gasteiger partial charge in [0.25, 0.3) is 0 Å². The lowest BCUT2D eigenvalue weighted by Crippen LogP contribution is -2.41. The molecule has 1 heterocycles. The summed E-state index contributed by atoms with van der Waals surface area (Å²) in [6.07, 6.45) is 0.236. The van der Waals surface area contributed by atoms with Crippen LogP contribution >= 0.6 is 0 Å². The van der Waals surface area contributed by atoms with Crippen LogP contribution in [0.3, 0.4) is 0 Å². The van der Waals surface area contributed by atoms with E-state index in [4.69, 9.17) is 4.42 Å². The Morgan fingerprint density at radius 2 is 1.90 bits per heavy atom. The Morgan fingerprint density at radius 3 is 2.50 bits per heavy atom. The fourth-order valence-corrected chi connectivity index (χ4v) is 1.91. The predicted molar refractivity (Wildman–Crippen MR) is 78.3 cm³/mol. The molecule has 0 fully saturated rings. The number of nitrogens with one attached hydrogen (secondary N) is 1. The first-order valence-electron chi connectivity index (χ1n) is 6.68. The van der Waals surface area contributed by atoms with Gasteiger partial charge in [-0.1, -0.05) is 18.2 Å². The van der Waals surface area contributed by atoms with Gasteiger partial charge < -0.3 is 9.73 Å². The second-order valence-corrected chi connectivity index (χ2v) is 5.86. The van der Waals surface area contributed by atoms with E-state index in [9.17, 15) is 4.79 Å². The SMILES string of the molecule is Cc1oc(-c2ccccc2)nc1CC(=O)NC(C)(C)C. The molecule has 0 spiro atoms. The van der Waals surface area contributed by atoms with Crippen molar-refractivity contribution in [3.63, 3.8) is 0 Å². The van der Waals surface area contributed by atoms with Crippen LogP contribution in [0.5, 0.6) is 0 Å². The average Bonchev–Trinajstić information content (AvgIpc) is 2.70. The zero-order valence-electron chi connectivity index (χ0n) is 12.4. The van der Waals surface area contributed by atoms with Crippen molar-refractivity contribution in [1.82, 2.24) is 10.3 Å². The van der Waals surface area contributed by atoms with Crippen LogP contribution < -0.4 is 5.32 Å². The van der Waals surface area contributed by atoms with Crippen molar-refractivity contribution < 1.29 is 9.21 Å². The van der Waals surface area contributed by atoms with E-state index < -0.39 is 0 Å². The topological polar surface area (TPSA) is 55.1 Å². The van der Waals surface area contributed by atoms with Gasteiger partial charge in [0, 0.05) is 11.1 Å². The van der Waals surface area contributed by atoms with Crippen LogP contribution in [0.15, 0.2) is 34.7 Å². The fourth-order valence-electron chi connectivity index (χ4n) is 1.91. The minimum atomic E-state index is -0.239. The van der Waals surface area contributed by atoms with E-state index in [0.717, 1.165) is 5.56 Å². The summed E-state index contributed by atoms with van der Waals surface area (Å²) < 4.78 is 5.64. The molecule has 1 amide bonds. The highest BCUT2D eigenvalue weighted by Crippen LogP contribution is 2.21. The Bertz CT molecular complexity index is 595. The Morgan fingerprint density at radius 1 is 1.25 bits per heavy atom. The normalized spacial score (nSPS) is 11.4. The summed E-state index contributed by atoms with van der Waals surface area (Å²) in [6.45, 7) is 7.70. The van der Waals surface area contributed by atoms with Gasteiger partial charge in [0.05, 0.1) is 12.1 Å². The van der Waals surface area contributed by atoms with E-state index in [1.54, 1.807) is 0 Å². The zero-order chi connectivity index (χ0) is 14.8. The summed E-state index contributed by atoms with van der Waals surface area (Å²) in [5, 5.41) is 2.92. The molecule has 1 aromatic heterocycles. The van der Waals surface area contributed by atoms with Gasteiger partial charge in [0.15, 0.2) is 0 Å². The molecule has 20 heavy (non-hydrogen) atoms. The molecule has 0 saturated heterocycles. The zero-order valence-corrected chi connectivity index (χ0v) is 12.4. The van der Waals surface area contributed by atoms with Crippen molar-refractivity contribution in [2.24, 2.45) is 0 Å². The molecule has 0 radical (unpaired) electrons. The molecule has 0 saturated carbocycles. The van der Waals surface area contributed by atoms with E-state index in [1.807, 2.05) is 58.0 Å². The second kappa shape index (κ2) is 5.49. The third kappa shape index (κ3) is 3.70. The van der Waals surface area contributed by atoms with Gasteiger partial charge >= 0.3 is 0 Å². The molecule has 1 aromatic carbocycles. The Hall–Kier alpha value is -2.10. The molecule has 1 N–H and O–H groups in total. The lowest BCUT2D eigenvalue weighted by molar-refractivity contribution is -0.121. The largest absolute Gasteiger partial charge is 0.441 e. The molecule has 4 nitrogen and oxygen atoms in total. The minimum Gasteiger partial charge on any atom is -0.441 e. The summed E-state index contributed by atoms with van der Waals surface area (Å²) in [7, 11) is 0. The molecule has 2 aromatic rings. The fraction of sp³-hybridized carbons (Fsp3) is 0.375. The smallest absolute Gasteiger partial charge is 0.226 e. The maximum atomic E-state index is 11.9. The first-order valence-corrected chi connectivity index (χ1v) is 6.68. The summed E-state index contributed by atoms with van der Waals surface area (Å²) in [5.41, 5.74) is 1.36. The van der Waals surface area contributed by atoms with Gasteiger partial charge in [-0.3, -0.25) is 4.79 Å². The number of benzene rings is 1. The lowest BCUT2D eigenvalue weighted by Gasteiger charge is -2.20. The molecule has 4 heteroatoms. The van der Waals surface area contributed by atoms with Crippen molar-refractivity contribution in [1.29, 1.82) is 0 Å². The number of oxazole rings is 1. The average molecular weight is 272 g/mol. The highest BCUT2D eigenvalue weighted by atomic mass is 16.4. The third-order valence-corrected chi connectivity index (χ3v) is 2.76. The first kappa shape index (κ1) is 14.3. The molecular weight excluding hydrogens is 252 g/mol. The Labute approximate surface area is 119 Å². The molecule has 0 aliphatic rings. The van der Waals surface area contributed by atoms with Crippen molar-refractivity contribution >= 4 is 5.91 Å². The summed E-state index contributed by atoms with van der Waals surface area (Å²) in [4.78, 5) is 16.4. The van der Waals surface area contributed by atoms with Gasteiger partial charge in [-0.15, -0.1) is 0 Å². The van der Waals surface area contributed by atoms with Crippen LogP contribution in [-0.4, -0.2) is 16.4 Å². The second-order valence-electron chi connectivity index (χ2n) is 5.86. The number of nitrogens with zero attached hydrogens (tertiary/aromatic N) is 1. The monoisotopic (exact) mass is 272 g/mol. The molecule has 0 bridgehead atoms. The van der Waals surface area contributed by atoms with Crippen LogP contribution in [0.25, 0.3) is 11.5 Å². The number of aryl methyl sites for hydroxylation is 1. The Balaban J connectivity index is 2.15. The molecule has 0 aliphatic heterocycles. The van der Waals surface area contributed by atoms with Crippen molar-refractivity contribution in [2.45, 2.75) is 39.7 Å². The van der Waals surface area contributed by atoms with E-state index in [2.05, 4.69) is 10.3 Å². The highest BCUT2D eigenvalue weighted by Gasteiger charge is 2.18. The number of carbonyl (C=O) groups excluding carboxylic acids is 1. The number of hydrogen-bond donors (Lipinski definition) is 1. The number of amides is 1. The van der Waals surface area contributed by atoms with Gasteiger partial charge in [-0.05, 0) is 39.8 Å². The van der Waals surface area contributed by atoms with Crippen molar-refractivity contribution in [3.05, 3.63) is 41.8 Å². The summed E-state index contributed by atoms with van der Waals surface area (Å²) in [6, 6.07) is 9.67. The van der Waals surface area contributed by atoms with Crippen LogP contribution in [0.4, 0.5) is 0 Å². The van der Waals surface area contributed by atoms with Crippen LogP contribution in [-0.2, 0) is 11.2 Å². The van der Waals surface area contributed by atoms with Crippen LogP contribution in [0, 0.1) is 6.92 Å². The van der Waals surface area contributed by atoms with E-state index >= 15 is 0 Å². The first-order chi connectivity index (χ1) is 9.35. The van der Waals surface area contributed by atoms with Gasteiger partial charge in [-0.2, -0.15) is 0 Å². The van der Waals surface area contributed by atoms with Crippen LogP contribution in [0.2, 0.25) is 0 Å². The standard InChI is InChI=1S/C16H20N2O2/c1-11-13(10-14(19)18-16(2,3)4)17-15(20-11)12-8-6-5-7-9-12/h5-9H,10H2,1-4H3,(H,18,19). The third-order valence-electron chi connectivity index (χ3n) is 2.76. The lowest BCUT2D eigenvalue weighted by atomic mass is 10.1. The van der Waals surface area contributed by atoms with Gasteiger partial charge in [0.1, 0.15) is 5.76 Å². The predicted octanol–water partition coefficient (Wildman–Crippen LogP) is 3.11. The number of hydrogen-bond acceptors (Lipinski definition) is 3. The maximum Gasteiger partial charge on any atom is 0.226 e. The molecule has 0 atom stereocenters. The van der Waals surface area contributed by atoms with E-state index in [0.29, 0.717) is 17.3 Å². The van der Waals surface area contributed by atoms with Gasteiger partial charge in [0.2, 0.25) is 11.8 Å². The molecule has 2 rings (SSSR count). The molecule has 106 valence electrons. The molecule has 0 unspecified atom stereocenters.